The zero-order valence-corrected chi connectivity index (χ0v) is 10.8. The lowest BCUT2D eigenvalue weighted by atomic mass is 9.95. The van der Waals surface area contributed by atoms with Gasteiger partial charge in [0, 0.05) is 5.56 Å². The van der Waals surface area contributed by atoms with Gasteiger partial charge in [-0.1, -0.05) is 44.2 Å². The monoisotopic (exact) mass is 245 g/mol. The summed E-state index contributed by atoms with van der Waals surface area (Å²) in [5.41, 5.74) is 8.33. The summed E-state index contributed by atoms with van der Waals surface area (Å²) in [6, 6.07) is 9.28. The van der Waals surface area contributed by atoms with Crippen LogP contribution < -0.4 is 5.73 Å². The molecule has 0 radical (unpaired) electrons. The number of anilines is 1. The highest BCUT2D eigenvalue weighted by atomic mass is 32.1. The molecule has 0 aliphatic carbocycles. The molecule has 0 spiro atoms. The zero-order valence-electron chi connectivity index (χ0n) is 9.94. The lowest BCUT2D eigenvalue weighted by Crippen LogP contribution is -2.06. The van der Waals surface area contributed by atoms with E-state index in [4.69, 9.17) is 5.73 Å². The van der Waals surface area contributed by atoms with Crippen molar-refractivity contribution in [1.82, 2.24) is 0 Å². The van der Waals surface area contributed by atoms with E-state index in [1.807, 2.05) is 35.7 Å². The van der Waals surface area contributed by atoms with Crippen molar-refractivity contribution in [1.29, 1.82) is 0 Å². The highest BCUT2D eigenvalue weighted by Crippen LogP contribution is 2.32. The Kier molecular flexibility index (Phi) is 3.29. The Hall–Kier alpha value is -1.61. The van der Waals surface area contributed by atoms with Gasteiger partial charge in [0.1, 0.15) is 0 Å². The smallest absolute Gasteiger partial charge is 0.196 e. The normalized spacial score (nSPS) is 10.8. The number of hydrogen-bond acceptors (Lipinski definition) is 3. The lowest BCUT2D eigenvalue weighted by Gasteiger charge is -2.07. The summed E-state index contributed by atoms with van der Waals surface area (Å²) in [5, 5.41) is 2.60. The number of rotatable bonds is 3. The fourth-order valence-electron chi connectivity index (χ4n) is 1.79. The van der Waals surface area contributed by atoms with Crippen LogP contribution in [0.5, 0.6) is 0 Å². The van der Waals surface area contributed by atoms with Gasteiger partial charge in [-0.05, 0) is 16.9 Å². The van der Waals surface area contributed by atoms with Crippen molar-refractivity contribution in [2.24, 2.45) is 0 Å². The molecular weight excluding hydrogens is 230 g/mol. The third kappa shape index (κ3) is 2.24. The van der Waals surface area contributed by atoms with Crippen LogP contribution in [0.4, 0.5) is 5.00 Å². The second-order valence-electron chi connectivity index (χ2n) is 4.28. The molecule has 0 amide bonds. The Labute approximate surface area is 105 Å². The summed E-state index contributed by atoms with van der Waals surface area (Å²) in [6.07, 6.45) is 0. The Morgan fingerprint density at radius 2 is 1.88 bits per heavy atom. The minimum absolute atomic E-state index is 0.0213. The van der Waals surface area contributed by atoms with Gasteiger partial charge in [0.2, 0.25) is 0 Å². The van der Waals surface area contributed by atoms with Crippen LogP contribution in [0.2, 0.25) is 0 Å². The lowest BCUT2D eigenvalue weighted by molar-refractivity contribution is 0.103. The largest absolute Gasteiger partial charge is 0.390 e. The molecular formula is C14H15NOS. The molecule has 3 heteroatoms. The molecule has 2 aromatic rings. The second kappa shape index (κ2) is 4.72. The molecule has 1 aromatic heterocycles. The minimum atomic E-state index is 0.0213. The van der Waals surface area contributed by atoms with Gasteiger partial charge in [0.25, 0.3) is 0 Å². The van der Waals surface area contributed by atoms with Gasteiger partial charge in [-0.25, -0.2) is 0 Å². The second-order valence-corrected chi connectivity index (χ2v) is 5.19. The predicted octanol–water partition coefficient (Wildman–Crippen LogP) is 3.68. The van der Waals surface area contributed by atoms with Gasteiger partial charge in [-0.15, -0.1) is 11.3 Å². The summed E-state index contributed by atoms with van der Waals surface area (Å²) in [4.78, 5) is 12.4. The van der Waals surface area contributed by atoms with E-state index in [0.717, 1.165) is 5.56 Å². The maximum absolute atomic E-state index is 12.4. The Morgan fingerprint density at radius 3 is 2.47 bits per heavy atom. The first-order valence-corrected chi connectivity index (χ1v) is 6.46. The zero-order chi connectivity index (χ0) is 12.4. The van der Waals surface area contributed by atoms with Crippen molar-refractivity contribution in [2.75, 3.05) is 5.73 Å². The van der Waals surface area contributed by atoms with Gasteiger partial charge in [0.15, 0.2) is 5.78 Å². The fourth-order valence-corrected chi connectivity index (χ4v) is 2.76. The van der Waals surface area contributed by atoms with E-state index in [9.17, 15) is 4.79 Å². The molecule has 0 aliphatic rings. The van der Waals surface area contributed by atoms with Crippen molar-refractivity contribution in [3.8, 4) is 0 Å². The van der Waals surface area contributed by atoms with Crippen LogP contribution in [0.25, 0.3) is 0 Å². The number of hydrogen-bond donors (Lipinski definition) is 1. The summed E-state index contributed by atoms with van der Waals surface area (Å²) in [5.74, 6) is 0.333. The summed E-state index contributed by atoms with van der Waals surface area (Å²) >= 11 is 1.44. The van der Waals surface area contributed by atoms with Crippen molar-refractivity contribution < 1.29 is 4.79 Å². The molecule has 88 valence electrons. The summed E-state index contributed by atoms with van der Waals surface area (Å²) in [7, 11) is 0. The molecule has 1 aromatic carbocycles. The molecule has 0 unspecified atom stereocenters. The van der Waals surface area contributed by atoms with E-state index in [0.29, 0.717) is 22.0 Å². The van der Waals surface area contributed by atoms with E-state index < -0.39 is 0 Å². The molecule has 17 heavy (non-hydrogen) atoms. The molecule has 0 bridgehead atoms. The van der Waals surface area contributed by atoms with Crippen molar-refractivity contribution in [3.05, 3.63) is 52.4 Å². The number of ketones is 1. The van der Waals surface area contributed by atoms with Crippen LogP contribution >= 0.6 is 11.3 Å². The van der Waals surface area contributed by atoms with E-state index in [2.05, 4.69) is 13.8 Å². The molecule has 1 heterocycles. The highest BCUT2D eigenvalue weighted by Gasteiger charge is 2.20. The Morgan fingerprint density at radius 1 is 1.24 bits per heavy atom. The first-order valence-electron chi connectivity index (χ1n) is 5.58. The van der Waals surface area contributed by atoms with Crippen LogP contribution in [0.15, 0.2) is 35.7 Å². The van der Waals surface area contributed by atoms with Crippen LogP contribution in [0.3, 0.4) is 0 Å². The minimum Gasteiger partial charge on any atom is -0.390 e. The number of benzene rings is 1. The molecule has 2 rings (SSSR count). The van der Waals surface area contributed by atoms with Crippen LogP contribution in [-0.2, 0) is 0 Å². The predicted molar refractivity (Wildman–Crippen MR) is 72.7 cm³/mol. The van der Waals surface area contributed by atoms with E-state index in [-0.39, 0.29) is 5.78 Å². The third-order valence-electron chi connectivity index (χ3n) is 2.73. The summed E-state index contributed by atoms with van der Waals surface area (Å²) < 4.78 is 0. The van der Waals surface area contributed by atoms with E-state index in [1.165, 1.54) is 11.3 Å². The van der Waals surface area contributed by atoms with Gasteiger partial charge in [-0.2, -0.15) is 0 Å². The molecule has 0 aliphatic heterocycles. The van der Waals surface area contributed by atoms with Gasteiger partial charge >= 0.3 is 0 Å². The van der Waals surface area contributed by atoms with E-state index >= 15 is 0 Å². The Balaban J connectivity index is 2.48. The standard InChI is InChI=1S/C14H15NOS/c1-9(2)11-8-17-14(15)12(11)13(16)10-6-4-3-5-7-10/h3-9H,15H2,1-2H3. The number of thiophene rings is 1. The first-order chi connectivity index (χ1) is 8.11. The van der Waals surface area contributed by atoms with Crippen molar-refractivity contribution in [2.45, 2.75) is 19.8 Å². The number of carbonyl (C=O) groups excluding carboxylic acids is 1. The van der Waals surface area contributed by atoms with Gasteiger partial charge in [-0.3, -0.25) is 4.79 Å². The SMILES string of the molecule is CC(C)c1csc(N)c1C(=O)c1ccccc1. The number of carbonyl (C=O) groups is 1. The fraction of sp³-hybridized carbons (Fsp3) is 0.214. The molecule has 2 nitrogen and oxygen atoms in total. The van der Waals surface area contributed by atoms with Gasteiger partial charge < -0.3 is 5.73 Å². The van der Waals surface area contributed by atoms with E-state index in [1.54, 1.807) is 0 Å². The Bertz CT molecular complexity index is 528. The number of nitrogens with two attached hydrogens (primary N) is 1. The molecule has 0 saturated heterocycles. The van der Waals surface area contributed by atoms with Crippen LogP contribution in [0, 0.1) is 0 Å². The van der Waals surface area contributed by atoms with Crippen molar-refractivity contribution >= 4 is 22.1 Å². The van der Waals surface area contributed by atoms with Crippen LogP contribution in [-0.4, -0.2) is 5.78 Å². The topological polar surface area (TPSA) is 43.1 Å². The summed E-state index contributed by atoms with van der Waals surface area (Å²) in [6.45, 7) is 4.15. The van der Waals surface area contributed by atoms with Crippen molar-refractivity contribution in [3.63, 3.8) is 0 Å². The average Bonchev–Trinajstić information content (AvgIpc) is 2.71. The van der Waals surface area contributed by atoms with Gasteiger partial charge in [0.05, 0.1) is 10.6 Å². The average molecular weight is 245 g/mol. The third-order valence-corrected chi connectivity index (χ3v) is 3.56. The quantitative estimate of drug-likeness (QED) is 0.838. The first kappa shape index (κ1) is 11.9. The molecule has 0 fully saturated rings. The molecule has 2 N–H and O–H groups in total. The maximum Gasteiger partial charge on any atom is 0.196 e. The molecule has 0 atom stereocenters. The molecule has 0 saturated carbocycles. The number of nitrogen functional groups attached to an aromatic ring is 1. The van der Waals surface area contributed by atoms with Crippen LogP contribution in [0.1, 0.15) is 41.3 Å². The maximum atomic E-state index is 12.4. The highest BCUT2D eigenvalue weighted by molar-refractivity contribution is 7.14.